The van der Waals surface area contributed by atoms with Crippen LogP contribution in [0.5, 0.6) is 0 Å². The van der Waals surface area contributed by atoms with Crippen LogP contribution in [0.4, 0.5) is 0 Å². The Balaban J connectivity index is 3.01. The van der Waals surface area contributed by atoms with E-state index in [0.29, 0.717) is 0 Å². The van der Waals surface area contributed by atoms with Gasteiger partial charge in [-0.1, -0.05) is 0 Å². The first-order chi connectivity index (χ1) is 6.47. The maximum atomic E-state index is 6.61. The van der Waals surface area contributed by atoms with Crippen LogP contribution in [0.3, 0.4) is 0 Å². The fourth-order valence-corrected chi connectivity index (χ4v) is 13.0. The van der Waals surface area contributed by atoms with Gasteiger partial charge >= 0.3 is 105 Å². The molecule has 0 atom stereocenters. The molecule has 0 saturated heterocycles. The average Bonchev–Trinajstić information content (AvgIpc) is 2.21. The molecule has 0 bridgehead atoms. The van der Waals surface area contributed by atoms with Gasteiger partial charge in [0.15, 0.2) is 0 Å². The van der Waals surface area contributed by atoms with Crippen molar-refractivity contribution in [1.29, 1.82) is 0 Å². The molecule has 0 aromatic carbocycles. The van der Waals surface area contributed by atoms with E-state index < -0.39 is 11.9 Å². The summed E-state index contributed by atoms with van der Waals surface area (Å²) < 4.78 is 4.28. The first kappa shape index (κ1) is 13.5. The van der Waals surface area contributed by atoms with E-state index in [1.54, 1.807) is 0 Å². The third-order valence-corrected chi connectivity index (χ3v) is 12.0. The molecule has 0 amide bonds. The number of rotatable bonds is 0. The second kappa shape index (κ2) is 3.74. The zero-order chi connectivity index (χ0) is 12.1. The Labute approximate surface area is 104 Å². The molecule has 0 fully saturated rings. The van der Waals surface area contributed by atoms with Crippen LogP contribution in [0.1, 0.15) is 41.5 Å². The molecule has 15 heavy (non-hydrogen) atoms. The molecule has 0 N–H and O–H groups in total. The molecule has 0 unspecified atom stereocenters. The zero-order valence-electron chi connectivity index (χ0n) is 10.3. The van der Waals surface area contributed by atoms with Crippen molar-refractivity contribution in [3.05, 3.63) is 12.4 Å². The van der Waals surface area contributed by atoms with E-state index in [1.165, 1.54) is 0 Å². The summed E-state index contributed by atoms with van der Waals surface area (Å²) in [6, 6.07) is 0. The second-order valence-electron chi connectivity index (χ2n) is 5.89. The van der Waals surface area contributed by atoms with Gasteiger partial charge < -0.3 is 0 Å². The van der Waals surface area contributed by atoms with E-state index >= 15 is 0 Å². The molecule has 0 aliphatic carbocycles. The number of hydrogen-bond acceptors (Lipinski definition) is 2. The molecule has 5 heteroatoms. The molecule has 0 aromatic heterocycles. The van der Waals surface area contributed by atoms with Gasteiger partial charge in [0.2, 0.25) is 0 Å². The quantitative estimate of drug-likeness (QED) is 0.631. The van der Waals surface area contributed by atoms with Gasteiger partial charge in [-0.3, -0.25) is 0 Å². The Morgan fingerprint density at radius 1 is 0.800 bits per heavy atom. The van der Waals surface area contributed by atoms with E-state index in [4.69, 9.17) is 20.0 Å². The van der Waals surface area contributed by atoms with Gasteiger partial charge in [-0.15, -0.1) is 0 Å². The molecular weight excluding hydrogens is 292 g/mol. The molecule has 0 spiro atoms. The normalized spacial score (nSPS) is 21.3. The minimum atomic E-state index is -3.12. The number of hydrogen-bond donors (Lipinski definition) is 0. The summed E-state index contributed by atoms with van der Waals surface area (Å²) in [5.41, 5.74) is -0.0278. The summed E-state index contributed by atoms with van der Waals surface area (Å²) in [4.78, 5) is 0. The zero-order valence-corrected chi connectivity index (χ0v) is 13.9. The van der Waals surface area contributed by atoms with Crippen molar-refractivity contribution in [2.24, 2.45) is 0 Å². The number of nitrogens with zero attached hydrogens (tertiary/aromatic N) is 2. The summed E-state index contributed by atoms with van der Waals surface area (Å²) in [5, 5.41) is 0. The Kier molecular flexibility index (Phi) is 3.38. The molecule has 1 heterocycles. The van der Waals surface area contributed by atoms with Crippen LogP contribution in [-0.4, -0.2) is 30.6 Å². The van der Waals surface area contributed by atoms with Crippen molar-refractivity contribution in [3.8, 4) is 0 Å². The average molecular weight is 312 g/mol. The summed E-state index contributed by atoms with van der Waals surface area (Å²) in [5.74, 6) is 0. The monoisotopic (exact) mass is 312 g/mol. The molecule has 1 rings (SSSR count). The van der Waals surface area contributed by atoms with Gasteiger partial charge in [0.25, 0.3) is 0 Å². The first-order valence-electron chi connectivity index (χ1n) is 5.12. The van der Waals surface area contributed by atoms with Gasteiger partial charge in [-0.2, -0.15) is 0 Å². The van der Waals surface area contributed by atoms with Crippen molar-refractivity contribution in [2.75, 3.05) is 0 Å². The van der Waals surface area contributed by atoms with E-state index in [0.717, 1.165) is 0 Å². The van der Waals surface area contributed by atoms with Crippen LogP contribution in [0, 0.1) is 0 Å². The van der Waals surface area contributed by atoms with Crippen molar-refractivity contribution in [1.82, 2.24) is 7.71 Å². The molecule has 0 aromatic rings. The van der Waals surface area contributed by atoms with E-state index in [-0.39, 0.29) is 11.1 Å². The SMILES string of the molecule is CC(C)(C)[N]1C=C[N](C(C)(C)C)[Ge]1([Cl])[Cl]. The Bertz CT molecular complexity index is 250. The van der Waals surface area contributed by atoms with Crippen molar-refractivity contribution in [3.63, 3.8) is 0 Å². The predicted octanol–water partition coefficient (Wildman–Crippen LogP) is 3.59. The van der Waals surface area contributed by atoms with E-state index in [9.17, 15) is 0 Å². The van der Waals surface area contributed by atoms with Gasteiger partial charge in [0, 0.05) is 0 Å². The summed E-state index contributed by atoms with van der Waals surface area (Å²) in [6.45, 7) is 12.8. The molecule has 1 aliphatic rings. The third kappa shape index (κ3) is 2.59. The third-order valence-electron chi connectivity index (χ3n) is 2.39. The fourth-order valence-electron chi connectivity index (χ4n) is 1.68. The minimum absolute atomic E-state index is 0.0139. The summed E-state index contributed by atoms with van der Waals surface area (Å²) in [7, 11) is 13.2. The Morgan fingerprint density at radius 3 is 1.20 bits per heavy atom. The van der Waals surface area contributed by atoms with Gasteiger partial charge in [-0.25, -0.2) is 0 Å². The van der Waals surface area contributed by atoms with E-state index in [1.807, 2.05) is 12.4 Å². The van der Waals surface area contributed by atoms with Crippen molar-refractivity contribution < 1.29 is 0 Å². The topological polar surface area (TPSA) is 6.48 Å². The molecule has 1 aliphatic heterocycles. The fraction of sp³-hybridized carbons (Fsp3) is 0.800. The van der Waals surface area contributed by atoms with Crippen molar-refractivity contribution >= 4 is 31.9 Å². The van der Waals surface area contributed by atoms with E-state index in [2.05, 4.69) is 49.3 Å². The first-order valence-corrected chi connectivity index (χ1v) is 12.5. The molecule has 0 saturated carbocycles. The number of halogens is 2. The predicted molar refractivity (Wildman–Crippen MR) is 69.8 cm³/mol. The molecule has 88 valence electrons. The van der Waals surface area contributed by atoms with Crippen molar-refractivity contribution in [2.45, 2.75) is 52.6 Å². The standard InChI is InChI=1S/C10H20Cl2GeN2/c1-9(2,3)14-7-8-15(10(4,5)6)13(14,11)12/h7-8H,1-6H3. The second-order valence-corrected chi connectivity index (χ2v) is 16.5. The Morgan fingerprint density at radius 2 is 1.07 bits per heavy atom. The summed E-state index contributed by atoms with van der Waals surface area (Å²) >= 11 is -3.12. The maximum absolute atomic E-state index is 6.61. The van der Waals surface area contributed by atoms with Crippen LogP contribution < -0.4 is 0 Å². The van der Waals surface area contributed by atoms with Crippen LogP contribution in [0.15, 0.2) is 12.4 Å². The van der Waals surface area contributed by atoms with Crippen LogP contribution in [-0.2, 0) is 0 Å². The van der Waals surface area contributed by atoms with Crippen LogP contribution in [0.25, 0.3) is 0 Å². The summed E-state index contributed by atoms with van der Waals surface area (Å²) in [6.07, 6.45) is 4.07. The van der Waals surface area contributed by atoms with Crippen LogP contribution in [0.2, 0.25) is 0 Å². The van der Waals surface area contributed by atoms with Gasteiger partial charge in [-0.05, 0) is 0 Å². The van der Waals surface area contributed by atoms with Gasteiger partial charge in [0.1, 0.15) is 0 Å². The van der Waals surface area contributed by atoms with Gasteiger partial charge in [0.05, 0.1) is 0 Å². The molecular formula is C10H20Cl2GeN2. The Hall–Kier alpha value is 0.463. The molecule has 0 radical (unpaired) electrons. The van der Waals surface area contributed by atoms with Crippen LogP contribution >= 0.6 is 20.0 Å². The molecule has 2 nitrogen and oxygen atoms in total.